The number of hydrogen-bond donors (Lipinski definition) is 2. The van der Waals surface area contributed by atoms with E-state index in [0.29, 0.717) is 24.9 Å². The van der Waals surface area contributed by atoms with Crippen LogP contribution in [0.3, 0.4) is 0 Å². The van der Waals surface area contributed by atoms with Gasteiger partial charge < -0.3 is 11.1 Å². The van der Waals surface area contributed by atoms with Crippen LogP contribution in [0.4, 0.5) is 0 Å². The first-order chi connectivity index (χ1) is 9.69. The van der Waals surface area contributed by atoms with Gasteiger partial charge >= 0.3 is 0 Å². The fourth-order valence-electron chi connectivity index (χ4n) is 2.97. The molecule has 1 aliphatic rings. The molecule has 3 heteroatoms. The predicted octanol–water partition coefficient (Wildman–Crippen LogP) is 2.56. The molecule has 0 heterocycles. The van der Waals surface area contributed by atoms with Gasteiger partial charge in [-0.15, -0.1) is 0 Å². The summed E-state index contributed by atoms with van der Waals surface area (Å²) in [6.07, 6.45) is 6.07. The fourth-order valence-corrected chi connectivity index (χ4v) is 2.97. The van der Waals surface area contributed by atoms with Gasteiger partial charge in [0.1, 0.15) is 0 Å². The van der Waals surface area contributed by atoms with E-state index in [1.54, 1.807) is 0 Å². The van der Waals surface area contributed by atoms with Crippen molar-refractivity contribution in [1.29, 1.82) is 0 Å². The molecule has 0 aromatic heterocycles. The molecule has 2 atom stereocenters. The minimum absolute atomic E-state index is 0.163. The highest BCUT2D eigenvalue weighted by Gasteiger charge is 2.24. The Hall–Kier alpha value is -1.35. The molecule has 3 N–H and O–H groups in total. The van der Waals surface area contributed by atoms with E-state index >= 15 is 0 Å². The second-order valence-electron chi connectivity index (χ2n) is 5.94. The highest BCUT2D eigenvalue weighted by molar-refractivity contribution is 5.76. The lowest BCUT2D eigenvalue weighted by molar-refractivity contribution is -0.122. The number of hydrogen-bond acceptors (Lipinski definition) is 2. The monoisotopic (exact) mass is 274 g/mol. The summed E-state index contributed by atoms with van der Waals surface area (Å²) in [6, 6.07) is 8.69. The van der Waals surface area contributed by atoms with Crippen LogP contribution in [-0.2, 0) is 11.2 Å². The molecule has 20 heavy (non-hydrogen) atoms. The van der Waals surface area contributed by atoms with Gasteiger partial charge in [-0.3, -0.25) is 4.79 Å². The van der Waals surface area contributed by atoms with Gasteiger partial charge in [-0.05, 0) is 44.2 Å². The second-order valence-corrected chi connectivity index (χ2v) is 5.94. The smallest absolute Gasteiger partial charge is 0.220 e. The molecule has 2 unspecified atom stereocenters. The first kappa shape index (κ1) is 15.0. The molecule has 1 aliphatic carbocycles. The van der Waals surface area contributed by atoms with Gasteiger partial charge in [-0.2, -0.15) is 0 Å². The number of aryl methyl sites for hydroxylation is 2. The summed E-state index contributed by atoms with van der Waals surface area (Å²) < 4.78 is 0. The molecule has 0 spiro atoms. The van der Waals surface area contributed by atoms with Crippen molar-refractivity contribution in [2.45, 2.75) is 51.5 Å². The minimum Gasteiger partial charge on any atom is -0.353 e. The number of nitrogens with one attached hydrogen (secondary N) is 1. The number of rotatable bonds is 5. The third-order valence-electron chi connectivity index (χ3n) is 4.32. The van der Waals surface area contributed by atoms with Gasteiger partial charge in [-0.25, -0.2) is 0 Å². The van der Waals surface area contributed by atoms with Crippen LogP contribution in [0.1, 0.15) is 43.2 Å². The molecule has 1 saturated carbocycles. The highest BCUT2D eigenvalue weighted by Crippen LogP contribution is 2.23. The summed E-state index contributed by atoms with van der Waals surface area (Å²) in [5, 5.41) is 3.18. The lowest BCUT2D eigenvalue weighted by Gasteiger charge is -2.31. The van der Waals surface area contributed by atoms with Crippen LogP contribution >= 0.6 is 0 Å². The maximum Gasteiger partial charge on any atom is 0.220 e. The summed E-state index contributed by atoms with van der Waals surface area (Å²) in [6.45, 7) is 2.76. The maximum absolute atomic E-state index is 12.1. The largest absolute Gasteiger partial charge is 0.353 e. The summed E-state index contributed by atoms with van der Waals surface area (Å²) in [5.74, 6) is 0.628. The van der Waals surface area contributed by atoms with E-state index in [1.807, 2.05) is 0 Å². The molecule has 0 aliphatic heterocycles. The molecule has 2 rings (SSSR count). The van der Waals surface area contributed by atoms with Crippen molar-refractivity contribution in [1.82, 2.24) is 5.32 Å². The van der Waals surface area contributed by atoms with Crippen molar-refractivity contribution >= 4 is 5.91 Å². The lowest BCUT2D eigenvalue weighted by Crippen LogP contribution is -2.44. The number of amides is 1. The van der Waals surface area contributed by atoms with Gasteiger partial charge in [0.2, 0.25) is 5.91 Å². The zero-order chi connectivity index (χ0) is 14.4. The van der Waals surface area contributed by atoms with Gasteiger partial charge in [0.25, 0.3) is 0 Å². The number of carbonyl (C=O) groups is 1. The first-order valence-electron chi connectivity index (χ1n) is 7.74. The Morgan fingerprint density at radius 1 is 1.25 bits per heavy atom. The van der Waals surface area contributed by atoms with Crippen molar-refractivity contribution in [2.24, 2.45) is 11.7 Å². The van der Waals surface area contributed by atoms with Crippen molar-refractivity contribution in [3.05, 3.63) is 35.4 Å². The van der Waals surface area contributed by atoms with Crippen molar-refractivity contribution in [3.63, 3.8) is 0 Å². The zero-order valence-electron chi connectivity index (χ0n) is 12.4. The van der Waals surface area contributed by atoms with Crippen LogP contribution < -0.4 is 11.1 Å². The highest BCUT2D eigenvalue weighted by atomic mass is 16.1. The Labute approximate surface area is 121 Å². The van der Waals surface area contributed by atoms with E-state index in [4.69, 9.17) is 5.73 Å². The summed E-state index contributed by atoms with van der Waals surface area (Å²) >= 11 is 0. The Kier molecular flexibility index (Phi) is 5.60. The number of benzene rings is 1. The van der Waals surface area contributed by atoms with E-state index in [1.165, 1.54) is 24.0 Å². The number of nitrogens with two attached hydrogens (primary N) is 1. The third-order valence-corrected chi connectivity index (χ3v) is 4.32. The van der Waals surface area contributed by atoms with Gasteiger partial charge in [0.15, 0.2) is 0 Å². The zero-order valence-corrected chi connectivity index (χ0v) is 12.4. The minimum atomic E-state index is 0.163. The van der Waals surface area contributed by atoms with E-state index in [9.17, 15) is 4.79 Å². The Balaban J connectivity index is 1.78. The Bertz CT molecular complexity index is 427. The summed E-state index contributed by atoms with van der Waals surface area (Å²) in [5.41, 5.74) is 8.28. The normalized spacial score (nSPS) is 22.5. The molecule has 0 bridgehead atoms. The molecule has 3 nitrogen and oxygen atoms in total. The SMILES string of the molecule is Cc1ccc(CCC(=O)NC2CCCCC2CN)cc1. The van der Waals surface area contributed by atoms with Crippen molar-refractivity contribution in [3.8, 4) is 0 Å². The first-order valence-corrected chi connectivity index (χ1v) is 7.74. The van der Waals surface area contributed by atoms with Crippen LogP contribution in [0.15, 0.2) is 24.3 Å². The van der Waals surface area contributed by atoms with E-state index < -0.39 is 0 Å². The molecular formula is C17H26N2O. The van der Waals surface area contributed by atoms with Crippen LogP contribution in [-0.4, -0.2) is 18.5 Å². The average Bonchev–Trinajstić information content (AvgIpc) is 2.47. The molecule has 1 aromatic carbocycles. The second kappa shape index (κ2) is 7.44. The molecule has 1 amide bonds. The van der Waals surface area contributed by atoms with Crippen LogP contribution in [0.25, 0.3) is 0 Å². The topological polar surface area (TPSA) is 55.1 Å². The molecule has 1 aromatic rings. The van der Waals surface area contributed by atoms with Crippen molar-refractivity contribution in [2.75, 3.05) is 6.54 Å². The maximum atomic E-state index is 12.1. The molecule has 0 saturated heterocycles. The van der Waals surface area contributed by atoms with Crippen LogP contribution in [0.2, 0.25) is 0 Å². The molecule has 110 valence electrons. The van der Waals surface area contributed by atoms with Gasteiger partial charge in [0.05, 0.1) is 0 Å². The number of carbonyl (C=O) groups excluding carboxylic acids is 1. The lowest BCUT2D eigenvalue weighted by atomic mass is 9.84. The van der Waals surface area contributed by atoms with Crippen molar-refractivity contribution < 1.29 is 4.79 Å². The Morgan fingerprint density at radius 2 is 1.95 bits per heavy atom. The van der Waals surface area contributed by atoms with E-state index in [2.05, 4.69) is 36.5 Å². The van der Waals surface area contributed by atoms with Gasteiger partial charge in [-0.1, -0.05) is 42.7 Å². The summed E-state index contributed by atoms with van der Waals surface area (Å²) in [4.78, 5) is 12.1. The molecule has 0 radical (unpaired) electrons. The Morgan fingerprint density at radius 3 is 2.65 bits per heavy atom. The van der Waals surface area contributed by atoms with E-state index in [-0.39, 0.29) is 5.91 Å². The third kappa shape index (κ3) is 4.34. The average molecular weight is 274 g/mol. The summed E-state index contributed by atoms with van der Waals surface area (Å²) in [7, 11) is 0. The van der Waals surface area contributed by atoms with Gasteiger partial charge in [0, 0.05) is 12.5 Å². The van der Waals surface area contributed by atoms with E-state index in [0.717, 1.165) is 19.3 Å². The van der Waals surface area contributed by atoms with Crippen LogP contribution in [0.5, 0.6) is 0 Å². The fraction of sp³-hybridized carbons (Fsp3) is 0.588. The quantitative estimate of drug-likeness (QED) is 0.867. The predicted molar refractivity (Wildman–Crippen MR) is 82.4 cm³/mol. The molecule has 1 fully saturated rings. The standard InChI is InChI=1S/C17H26N2O/c1-13-6-8-14(9-7-13)10-11-17(20)19-16-5-3-2-4-15(16)12-18/h6-9,15-16H,2-5,10-12,18H2,1H3,(H,19,20). The molecular weight excluding hydrogens is 248 g/mol. The van der Waals surface area contributed by atoms with Crippen LogP contribution in [0, 0.1) is 12.8 Å².